The lowest BCUT2D eigenvalue weighted by Gasteiger charge is -2.28. The lowest BCUT2D eigenvalue weighted by Crippen LogP contribution is -2.42. The van der Waals surface area contributed by atoms with Crippen molar-refractivity contribution < 1.29 is 14.0 Å². The molecule has 1 fully saturated rings. The molecule has 2 aromatic rings. The van der Waals surface area contributed by atoms with Gasteiger partial charge in [0.25, 0.3) is 0 Å². The molecule has 0 atom stereocenters. The summed E-state index contributed by atoms with van der Waals surface area (Å²) >= 11 is 0. The molecule has 6 nitrogen and oxygen atoms in total. The van der Waals surface area contributed by atoms with E-state index in [0.29, 0.717) is 44.1 Å². The normalized spacial score (nSPS) is 16.0. The Balaban J connectivity index is 1.63. The Hall–Kier alpha value is -2.37. The second-order valence-electron chi connectivity index (χ2n) is 7.99. The van der Waals surface area contributed by atoms with E-state index in [1.165, 1.54) is 0 Å². The lowest BCUT2D eigenvalue weighted by molar-refractivity contribution is -0.139. The second-order valence-corrected chi connectivity index (χ2v) is 7.99. The first-order valence-corrected chi connectivity index (χ1v) is 9.17. The number of carbonyl (C=O) groups excluding carboxylic acids is 2. The summed E-state index contributed by atoms with van der Waals surface area (Å²) in [5.74, 6) is 0.864. The minimum Gasteiger partial charge on any atom is -0.441 e. The standard InChI is InChI=1S/C20H27N3O3/c1-14-21-16-7-6-15(12-17(16)26-14)13-18(24)22-8-5-9-23(11-10-22)19(25)20(2,3)4/h6-7,12H,5,8-11,13H2,1-4H3. The van der Waals surface area contributed by atoms with E-state index in [-0.39, 0.29) is 17.2 Å². The van der Waals surface area contributed by atoms with Gasteiger partial charge in [-0.05, 0) is 24.1 Å². The van der Waals surface area contributed by atoms with Gasteiger partial charge >= 0.3 is 0 Å². The third kappa shape index (κ3) is 4.06. The van der Waals surface area contributed by atoms with Gasteiger partial charge in [-0.1, -0.05) is 26.8 Å². The van der Waals surface area contributed by atoms with E-state index in [9.17, 15) is 9.59 Å². The van der Waals surface area contributed by atoms with Gasteiger partial charge in [0.2, 0.25) is 11.8 Å². The molecule has 1 saturated heterocycles. The van der Waals surface area contributed by atoms with Gasteiger partial charge in [-0.3, -0.25) is 9.59 Å². The number of hydrogen-bond donors (Lipinski definition) is 0. The zero-order chi connectivity index (χ0) is 18.9. The number of hydrogen-bond acceptors (Lipinski definition) is 4. The Bertz CT molecular complexity index is 819. The first-order valence-electron chi connectivity index (χ1n) is 9.17. The largest absolute Gasteiger partial charge is 0.441 e. The topological polar surface area (TPSA) is 66.7 Å². The predicted molar refractivity (Wildman–Crippen MR) is 99.7 cm³/mol. The lowest BCUT2D eigenvalue weighted by atomic mass is 9.94. The Kier molecular flexibility index (Phi) is 5.03. The average molecular weight is 357 g/mol. The number of carbonyl (C=O) groups is 2. The van der Waals surface area contributed by atoms with Crippen LogP contribution < -0.4 is 0 Å². The molecule has 1 aromatic heterocycles. The minimum absolute atomic E-state index is 0.0886. The molecule has 2 heterocycles. The van der Waals surface area contributed by atoms with Crippen LogP contribution >= 0.6 is 0 Å². The number of fused-ring (bicyclic) bond motifs is 1. The van der Waals surface area contributed by atoms with Crippen molar-refractivity contribution in [1.29, 1.82) is 0 Å². The number of rotatable bonds is 2. The second kappa shape index (κ2) is 7.09. The van der Waals surface area contributed by atoms with Crippen molar-refractivity contribution in [3.63, 3.8) is 0 Å². The van der Waals surface area contributed by atoms with Crippen molar-refractivity contribution in [3.8, 4) is 0 Å². The van der Waals surface area contributed by atoms with Gasteiger partial charge in [-0.2, -0.15) is 0 Å². The highest BCUT2D eigenvalue weighted by Crippen LogP contribution is 2.20. The summed E-state index contributed by atoms with van der Waals surface area (Å²) < 4.78 is 5.55. The highest BCUT2D eigenvalue weighted by atomic mass is 16.3. The van der Waals surface area contributed by atoms with Crippen molar-refractivity contribution in [2.24, 2.45) is 5.41 Å². The van der Waals surface area contributed by atoms with Crippen molar-refractivity contribution in [3.05, 3.63) is 29.7 Å². The molecule has 0 saturated carbocycles. The van der Waals surface area contributed by atoms with Gasteiger partial charge in [0.15, 0.2) is 11.5 Å². The highest BCUT2D eigenvalue weighted by molar-refractivity contribution is 5.83. The first kappa shape index (κ1) is 18.4. The van der Waals surface area contributed by atoms with Crippen LogP contribution in [0.5, 0.6) is 0 Å². The molecule has 0 unspecified atom stereocenters. The number of aryl methyl sites for hydroxylation is 1. The van der Waals surface area contributed by atoms with Gasteiger partial charge in [0.1, 0.15) is 5.52 Å². The van der Waals surface area contributed by atoms with Gasteiger partial charge in [-0.15, -0.1) is 0 Å². The fraction of sp³-hybridized carbons (Fsp3) is 0.550. The minimum atomic E-state index is -0.385. The maximum atomic E-state index is 12.7. The van der Waals surface area contributed by atoms with Gasteiger partial charge < -0.3 is 14.2 Å². The molecule has 6 heteroatoms. The zero-order valence-electron chi connectivity index (χ0n) is 16.0. The molecule has 1 aliphatic heterocycles. The molecule has 0 aliphatic carbocycles. The quantitative estimate of drug-likeness (QED) is 0.829. The molecule has 2 amide bonds. The van der Waals surface area contributed by atoms with Crippen LogP contribution in [-0.2, 0) is 16.0 Å². The fourth-order valence-electron chi connectivity index (χ4n) is 3.32. The molecule has 0 radical (unpaired) electrons. The third-order valence-corrected chi connectivity index (χ3v) is 4.69. The third-order valence-electron chi connectivity index (χ3n) is 4.69. The van der Waals surface area contributed by atoms with Crippen molar-refractivity contribution in [2.45, 2.75) is 40.5 Å². The smallest absolute Gasteiger partial charge is 0.228 e. The van der Waals surface area contributed by atoms with Gasteiger partial charge in [-0.25, -0.2) is 4.98 Å². The Morgan fingerprint density at radius 1 is 1.12 bits per heavy atom. The molecular weight excluding hydrogens is 330 g/mol. The summed E-state index contributed by atoms with van der Waals surface area (Å²) in [5, 5.41) is 0. The Morgan fingerprint density at radius 2 is 1.81 bits per heavy atom. The summed E-state index contributed by atoms with van der Waals surface area (Å²) in [6.07, 6.45) is 1.15. The number of amides is 2. The SMILES string of the molecule is Cc1nc2ccc(CC(=O)N3CCCN(C(=O)C(C)(C)C)CC3)cc2o1. The highest BCUT2D eigenvalue weighted by Gasteiger charge is 2.29. The van der Waals surface area contributed by atoms with E-state index in [4.69, 9.17) is 4.42 Å². The molecule has 26 heavy (non-hydrogen) atoms. The molecule has 0 N–H and O–H groups in total. The zero-order valence-corrected chi connectivity index (χ0v) is 16.0. The Labute approximate surface area is 154 Å². The molecule has 1 aliphatic rings. The van der Waals surface area contributed by atoms with Crippen LogP contribution in [0.3, 0.4) is 0 Å². The summed E-state index contributed by atoms with van der Waals surface area (Å²) in [7, 11) is 0. The van der Waals surface area contributed by atoms with E-state index in [1.54, 1.807) is 0 Å². The summed E-state index contributed by atoms with van der Waals surface area (Å²) in [5.41, 5.74) is 2.06. The predicted octanol–water partition coefficient (Wildman–Crippen LogP) is 2.79. The average Bonchev–Trinajstić information content (AvgIpc) is 2.78. The van der Waals surface area contributed by atoms with E-state index in [2.05, 4.69) is 4.98 Å². The number of benzene rings is 1. The van der Waals surface area contributed by atoms with E-state index >= 15 is 0 Å². The van der Waals surface area contributed by atoms with Gasteiger partial charge in [0, 0.05) is 38.5 Å². The van der Waals surface area contributed by atoms with E-state index < -0.39 is 0 Å². The molecule has 3 rings (SSSR count). The summed E-state index contributed by atoms with van der Waals surface area (Å²) in [6, 6.07) is 5.70. The Morgan fingerprint density at radius 3 is 2.54 bits per heavy atom. The van der Waals surface area contributed by atoms with Gasteiger partial charge in [0.05, 0.1) is 6.42 Å². The number of nitrogens with zero attached hydrogens (tertiary/aromatic N) is 3. The van der Waals surface area contributed by atoms with Crippen LogP contribution in [0.25, 0.3) is 11.1 Å². The molecule has 0 bridgehead atoms. The fourth-order valence-corrected chi connectivity index (χ4v) is 3.32. The van der Waals surface area contributed by atoms with E-state index in [1.807, 2.05) is 55.7 Å². The summed E-state index contributed by atoms with van der Waals surface area (Å²) in [6.45, 7) is 10.2. The van der Waals surface area contributed by atoms with E-state index in [0.717, 1.165) is 17.5 Å². The number of aromatic nitrogens is 1. The summed E-state index contributed by atoms with van der Waals surface area (Å²) in [4.78, 5) is 33.2. The molecule has 0 spiro atoms. The number of oxazole rings is 1. The van der Waals surface area contributed by atoms with Crippen LogP contribution in [0.2, 0.25) is 0 Å². The van der Waals surface area contributed by atoms with Crippen molar-refractivity contribution in [2.75, 3.05) is 26.2 Å². The van der Waals surface area contributed by atoms with Crippen molar-refractivity contribution in [1.82, 2.24) is 14.8 Å². The first-order chi connectivity index (χ1) is 12.2. The van der Waals surface area contributed by atoms with Crippen molar-refractivity contribution >= 4 is 22.9 Å². The maximum absolute atomic E-state index is 12.7. The molecular formula is C20H27N3O3. The van der Waals surface area contributed by atoms with Crippen LogP contribution in [0.1, 0.15) is 38.6 Å². The van der Waals surface area contributed by atoms with Crippen LogP contribution in [-0.4, -0.2) is 52.8 Å². The van der Waals surface area contributed by atoms with Crippen LogP contribution in [0.15, 0.2) is 22.6 Å². The molecule has 140 valence electrons. The van der Waals surface area contributed by atoms with Crippen LogP contribution in [0.4, 0.5) is 0 Å². The molecule has 1 aromatic carbocycles. The monoisotopic (exact) mass is 357 g/mol. The van der Waals surface area contributed by atoms with Crippen LogP contribution in [0, 0.1) is 12.3 Å². The maximum Gasteiger partial charge on any atom is 0.228 e.